The summed E-state index contributed by atoms with van der Waals surface area (Å²) in [7, 11) is 0. The van der Waals surface area contributed by atoms with Crippen LogP contribution >= 0.6 is 0 Å². The van der Waals surface area contributed by atoms with Crippen molar-refractivity contribution in [3.05, 3.63) is 0 Å². The van der Waals surface area contributed by atoms with Gasteiger partial charge < -0.3 is 15.3 Å². The van der Waals surface area contributed by atoms with Crippen LogP contribution in [-0.2, 0) is 9.59 Å². The summed E-state index contributed by atoms with van der Waals surface area (Å²) < 4.78 is 0. The molecule has 0 bridgehead atoms. The SMILES string of the molecule is CC(C)(CC(=O)O)CC(=O)NC1CCN2CCCC2C1. The van der Waals surface area contributed by atoms with Gasteiger partial charge in [-0.3, -0.25) is 9.59 Å². The molecule has 2 aliphatic rings. The first-order valence-corrected chi connectivity index (χ1v) is 7.61. The van der Waals surface area contributed by atoms with Gasteiger partial charge in [-0.05, 0) is 37.6 Å². The van der Waals surface area contributed by atoms with Crippen LogP contribution in [0.1, 0.15) is 52.4 Å². The summed E-state index contributed by atoms with van der Waals surface area (Å²) in [6.07, 6.45) is 4.90. The van der Waals surface area contributed by atoms with Gasteiger partial charge in [0.1, 0.15) is 0 Å². The summed E-state index contributed by atoms with van der Waals surface area (Å²) in [5, 5.41) is 12.0. The van der Waals surface area contributed by atoms with E-state index in [4.69, 9.17) is 5.11 Å². The number of nitrogens with zero attached hydrogens (tertiary/aromatic N) is 1. The summed E-state index contributed by atoms with van der Waals surface area (Å²) in [5.74, 6) is -0.852. The minimum Gasteiger partial charge on any atom is -0.481 e. The molecule has 5 heteroatoms. The average molecular weight is 282 g/mol. The van der Waals surface area contributed by atoms with Crippen LogP contribution in [0.5, 0.6) is 0 Å². The molecule has 2 saturated heterocycles. The first kappa shape index (κ1) is 15.3. The number of carbonyl (C=O) groups excluding carboxylic acids is 1. The maximum Gasteiger partial charge on any atom is 0.303 e. The Bertz CT molecular complexity index is 381. The Labute approximate surface area is 120 Å². The first-order chi connectivity index (χ1) is 9.35. The van der Waals surface area contributed by atoms with Crippen molar-refractivity contribution in [3.63, 3.8) is 0 Å². The summed E-state index contributed by atoms with van der Waals surface area (Å²) in [5.41, 5.74) is -0.482. The molecular formula is C15H26N2O3. The van der Waals surface area contributed by atoms with Crippen molar-refractivity contribution in [1.29, 1.82) is 0 Å². The third-order valence-electron chi connectivity index (χ3n) is 4.45. The number of rotatable bonds is 5. The molecule has 0 aliphatic carbocycles. The van der Waals surface area contributed by atoms with E-state index in [0.29, 0.717) is 6.04 Å². The second-order valence-corrected chi connectivity index (χ2v) is 7.03. The third-order valence-corrected chi connectivity index (χ3v) is 4.45. The lowest BCUT2D eigenvalue weighted by atomic mass is 9.85. The minimum absolute atomic E-state index is 0.00676. The molecule has 2 N–H and O–H groups in total. The molecule has 2 rings (SSSR count). The number of carboxylic acids is 1. The van der Waals surface area contributed by atoms with Crippen molar-refractivity contribution in [2.24, 2.45) is 5.41 Å². The van der Waals surface area contributed by atoms with E-state index in [1.807, 2.05) is 13.8 Å². The molecule has 2 fully saturated rings. The molecule has 0 aromatic carbocycles. The van der Waals surface area contributed by atoms with Crippen LogP contribution in [0.4, 0.5) is 0 Å². The third kappa shape index (κ3) is 4.20. The molecule has 0 aromatic heterocycles. The smallest absolute Gasteiger partial charge is 0.303 e. The van der Waals surface area contributed by atoms with Crippen molar-refractivity contribution in [3.8, 4) is 0 Å². The quantitative estimate of drug-likeness (QED) is 0.804. The maximum absolute atomic E-state index is 12.1. The first-order valence-electron chi connectivity index (χ1n) is 7.61. The Morgan fingerprint density at radius 1 is 1.25 bits per heavy atom. The van der Waals surface area contributed by atoms with E-state index in [2.05, 4.69) is 10.2 Å². The zero-order valence-corrected chi connectivity index (χ0v) is 12.5. The normalized spacial score (nSPS) is 27.1. The largest absolute Gasteiger partial charge is 0.481 e. The van der Waals surface area contributed by atoms with Gasteiger partial charge in [-0.1, -0.05) is 13.8 Å². The van der Waals surface area contributed by atoms with Crippen molar-refractivity contribution >= 4 is 11.9 Å². The number of aliphatic carboxylic acids is 1. The molecule has 2 aliphatic heterocycles. The number of amides is 1. The van der Waals surface area contributed by atoms with Crippen LogP contribution in [0, 0.1) is 5.41 Å². The molecule has 20 heavy (non-hydrogen) atoms. The van der Waals surface area contributed by atoms with Crippen molar-refractivity contribution < 1.29 is 14.7 Å². The fraction of sp³-hybridized carbons (Fsp3) is 0.867. The summed E-state index contributed by atoms with van der Waals surface area (Å²) in [4.78, 5) is 25.4. The van der Waals surface area contributed by atoms with E-state index >= 15 is 0 Å². The Hall–Kier alpha value is -1.10. The molecule has 2 unspecified atom stereocenters. The standard InChI is InChI=1S/C15H26N2O3/c1-15(2,10-14(19)20)9-13(18)16-11-5-7-17-6-3-4-12(17)8-11/h11-12H,3-10H2,1-2H3,(H,16,18)(H,19,20). The Balaban J connectivity index is 1.78. The van der Waals surface area contributed by atoms with Crippen LogP contribution in [0.15, 0.2) is 0 Å². The van der Waals surface area contributed by atoms with Crippen LogP contribution in [0.2, 0.25) is 0 Å². The highest BCUT2D eigenvalue weighted by Gasteiger charge is 2.33. The molecule has 0 radical (unpaired) electrons. The Morgan fingerprint density at radius 3 is 2.70 bits per heavy atom. The van der Waals surface area contributed by atoms with E-state index in [1.165, 1.54) is 19.4 Å². The predicted molar refractivity (Wildman–Crippen MR) is 76.4 cm³/mol. The van der Waals surface area contributed by atoms with Gasteiger partial charge in [0.25, 0.3) is 0 Å². The lowest BCUT2D eigenvalue weighted by Crippen LogP contribution is -2.48. The van der Waals surface area contributed by atoms with Crippen molar-refractivity contribution in [2.75, 3.05) is 13.1 Å². The number of carbonyl (C=O) groups is 2. The van der Waals surface area contributed by atoms with E-state index < -0.39 is 11.4 Å². The molecule has 1 amide bonds. The fourth-order valence-electron chi connectivity index (χ4n) is 3.54. The number of hydrogen-bond acceptors (Lipinski definition) is 3. The minimum atomic E-state index is -0.845. The summed E-state index contributed by atoms with van der Waals surface area (Å²) in [6.45, 7) is 5.95. The number of nitrogens with one attached hydrogen (secondary N) is 1. The molecule has 114 valence electrons. The van der Waals surface area contributed by atoms with E-state index in [9.17, 15) is 9.59 Å². The topological polar surface area (TPSA) is 69.6 Å². The van der Waals surface area contributed by atoms with E-state index in [-0.39, 0.29) is 24.8 Å². The Morgan fingerprint density at radius 2 is 2.00 bits per heavy atom. The van der Waals surface area contributed by atoms with Crippen LogP contribution in [0.25, 0.3) is 0 Å². The van der Waals surface area contributed by atoms with Crippen LogP contribution < -0.4 is 5.32 Å². The number of fused-ring (bicyclic) bond motifs is 1. The molecule has 2 heterocycles. The van der Waals surface area contributed by atoms with Gasteiger partial charge >= 0.3 is 5.97 Å². The van der Waals surface area contributed by atoms with E-state index in [0.717, 1.165) is 19.4 Å². The lowest BCUT2D eigenvalue weighted by molar-refractivity contribution is -0.139. The second-order valence-electron chi connectivity index (χ2n) is 7.03. The van der Waals surface area contributed by atoms with Crippen molar-refractivity contribution in [2.45, 2.75) is 64.5 Å². The maximum atomic E-state index is 12.1. The van der Waals surface area contributed by atoms with Crippen LogP contribution in [-0.4, -0.2) is 47.1 Å². The zero-order chi connectivity index (χ0) is 14.8. The van der Waals surface area contributed by atoms with E-state index in [1.54, 1.807) is 0 Å². The molecule has 2 atom stereocenters. The van der Waals surface area contributed by atoms with Gasteiger partial charge in [-0.15, -0.1) is 0 Å². The number of piperidine rings is 1. The zero-order valence-electron chi connectivity index (χ0n) is 12.5. The average Bonchev–Trinajstić information content (AvgIpc) is 2.72. The summed E-state index contributed by atoms with van der Waals surface area (Å²) >= 11 is 0. The van der Waals surface area contributed by atoms with Gasteiger partial charge in [0.05, 0.1) is 6.42 Å². The monoisotopic (exact) mass is 282 g/mol. The van der Waals surface area contributed by atoms with Gasteiger partial charge in [-0.25, -0.2) is 0 Å². The predicted octanol–water partition coefficient (Wildman–Crippen LogP) is 1.62. The fourth-order valence-corrected chi connectivity index (χ4v) is 3.54. The highest BCUT2D eigenvalue weighted by molar-refractivity contribution is 5.78. The number of carboxylic acid groups (broad SMARTS) is 1. The number of hydrogen-bond donors (Lipinski definition) is 2. The highest BCUT2D eigenvalue weighted by Crippen LogP contribution is 2.28. The molecule has 0 saturated carbocycles. The van der Waals surface area contributed by atoms with Gasteiger partial charge in [-0.2, -0.15) is 0 Å². The highest BCUT2D eigenvalue weighted by atomic mass is 16.4. The summed E-state index contributed by atoms with van der Waals surface area (Å²) in [6, 6.07) is 0.906. The second kappa shape index (κ2) is 6.12. The Kier molecular flexibility index (Phi) is 4.68. The van der Waals surface area contributed by atoms with Gasteiger partial charge in [0.15, 0.2) is 0 Å². The molecule has 0 spiro atoms. The molecule has 0 aromatic rings. The van der Waals surface area contributed by atoms with Gasteiger partial charge in [0.2, 0.25) is 5.91 Å². The van der Waals surface area contributed by atoms with Gasteiger partial charge in [0, 0.05) is 25.0 Å². The molecular weight excluding hydrogens is 256 g/mol. The van der Waals surface area contributed by atoms with Crippen LogP contribution in [0.3, 0.4) is 0 Å². The van der Waals surface area contributed by atoms with Crippen molar-refractivity contribution in [1.82, 2.24) is 10.2 Å². The molecule has 5 nitrogen and oxygen atoms in total. The lowest BCUT2D eigenvalue weighted by Gasteiger charge is -2.35.